The van der Waals surface area contributed by atoms with E-state index in [9.17, 15) is 0 Å². The van der Waals surface area contributed by atoms with Crippen molar-refractivity contribution in [2.45, 2.75) is 31.8 Å². The van der Waals surface area contributed by atoms with Gasteiger partial charge in [-0.3, -0.25) is 0 Å². The molecule has 0 aromatic carbocycles. The maximum absolute atomic E-state index is 5.48. The first-order valence-electron chi connectivity index (χ1n) is 5.85. The van der Waals surface area contributed by atoms with Crippen LogP contribution in [0.15, 0.2) is 35.2 Å². The normalized spacial score (nSPS) is 19.6. The third-order valence-electron chi connectivity index (χ3n) is 3.27. The number of aromatic amines is 1. The summed E-state index contributed by atoms with van der Waals surface area (Å²) >= 11 is 0. The summed E-state index contributed by atoms with van der Waals surface area (Å²) in [4.78, 5) is 3.07. The Kier molecular flexibility index (Phi) is 2.54. The van der Waals surface area contributed by atoms with Gasteiger partial charge < -0.3 is 14.7 Å². The predicted octanol–water partition coefficient (Wildman–Crippen LogP) is 2.77. The maximum Gasteiger partial charge on any atom is 0.108 e. The molecule has 3 rings (SSSR count). The van der Waals surface area contributed by atoms with Crippen LogP contribution in [0.25, 0.3) is 0 Å². The molecular weight excluding hydrogens is 200 g/mol. The summed E-state index contributed by atoms with van der Waals surface area (Å²) in [6, 6.07) is 4.66. The van der Waals surface area contributed by atoms with Crippen molar-refractivity contribution < 1.29 is 4.42 Å². The van der Waals surface area contributed by atoms with Crippen LogP contribution < -0.4 is 5.32 Å². The number of hydrogen-bond donors (Lipinski definition) is 2. The zero-order chi connectivity index (χ0) is 10.8. The standard InChI is InChI=1S/C13H16N2O/c1-2-12(11-5-7-16-13(11)3-1)15-9-10-4-6-14-8-10/h4-8,12,14-15H,1-3,9H2. The van der Waals surface area contributed by atoms with Gasteiger partial charge in [0, 0.05) is 37.0 Å². The number of H-pyrrole nitrogens is 1. The molecule has 0 fully saturated rings. The lowest BCUT2D eigenvalue weighted by Crippen LogP contribution is -2.23. The highest BCUT2D eigenvalue weighted by molar-refractivity contribution is 5.24. The van der Waals surface area contributed by atoms with Gasteiger partial charge in [-0.05, 0) is 30.5 Å². The Morgan fingerprint density at radius 2 is 2.44 bits per heavy atom. The summed E-state index contributed by atoms with van der Waals surface area (Å²) in [7, 11) is 0. The van der Waals surface area contributed by atoms with Crippen LogP contribution in [-0.4, -0.2) is 4.98 Å². The number of aryl methyl sites for hydroxylation is 1. The smallest absolute Gasteiger partial charge is 0.108 e. The Bertz CT molecular complexity index is 444. The van der Waals surface area contributed by atoms with E-state index in [0.29, 0.717) is 6.04 Å². The Morgan fingerprint density at radius 3 is 3.31 bits per heavy atom. The fourth-order valence-corrected chi connectivity index (χ4v) is 2.41. The minimum absolute atomic E-state index is 0.456. The number of hydrogen-bond acceptors (Lipinski definition) is 2. The van der Waals surface area contributed by atoms with Gasteiger partial charge in [0.1, 0.15) is 5.76 Å². The fourth-order valence-electron chi connectivity index (χ4n) is 2.41. The van der Waals surface area contributed by atoms with E-state index in [1.807, 2.05) is 12.4 Å². The third-order valence-corrected chi connectivity index (χ3v) is 3.27. The van der Waals surface area contributed by atoms with Gasteiger partial charge in [0.25, 0.3) is 0 Å². The van der Waals surface area contributed by atoms with Gasteiger partial charge in [-0.15, -0.1) is 0 Å². The highest BCUT2D eigenvalue weighted by Crippen LogP contribution is 2.30. The van der Waals surface area contributed by atoms with Crippen molar-refractivity contribution in [3.05, 3.63) is 47.7 Å². The van der Waals surface area contributed by atoms with Crippen LogP contribution in [0, 0.1) is 0 Å². The van der Waals surface area contributed by atoms with Crippen molar-refractivity contribution >= 4 is 0 Å². The molecule has 0 radical (unpaired) electrons. The van der Waals surface area contributed by atoms with Gasteiger partial charge in [-0.2, -0.15) is 0 Å². The molecule has 3 heteroatoms. The molecule has 0 saturated heterocycles. The molecule has 0 amide bonds. The highest BCUT2D eigenvalue weighted by Gasteiger charge is 2.21. The van der Waals surface area contributed by atoms with Gasteiger partial charge in [0.2, 0.25) is 0 Å². The van der Waals surface area contributed by atoms with Crippen molar-refractivity contribution in [3.8, 4) is 0 Å². The minimum atomic E-state index is 0.456. The van der Waals surface area contributed by atoms with Crippen LogP contribution in [0.3, 0.4) is 0 Å². The van der Waals surface area contributed by atoms with Crippen LogP contribution in [0.4, 0.5) is 0 Å². The zero-order valence-corrected chi connectivity index (χ0v) is 9.20. The van der Waals surface area contributed by atoms with Crippen molar-refractivity contribution in [2.75, 3.05) is 0 Å². The lowest BCUT2D eigenvalue weighted by molar-refractivity contribution is 0.411. The quantitative estimate of drug-likeness (QED) is 0.828. The molecule has 1 unspecified atom stereocenters. The molecule has 0 aliphatic heterocycles. The van der Waals surface area contributed by atoms with Gasteiger partial charge in [0.15, 0.2) is 0 Å². The first-order valence-corrected chi connectivity index (χ1v) is 5.85. The molecule has 2 aromatic rings. The second-order valence-corrected chi connectivity index (χ2v) is 4.34. The average Bonchev–Trinajstić information content (AvgIpc) is 2.97. The van der Waals surface area contributed by atoms with Crippen molar-refractivity contribution in [1.29, 1.82) is 0 Å². The number of rotatable bonds is 3. The lowest BCUT2D eigenvalue weighted by atomic mass is 9.93. The van der Waals surface area contributed by atoms with Crippen LogP contribution in [0.1, 0.15) is 35.8 Å². The lowest BCUT2D eigenvalue weighted by Gasteiger charge is -2.22. The van der Waals surface area contributed by atoms with Gasteiger partial charge in [-0.25, -0.2) is 0 Å². The molecule has 2 N–H and O–H groups in total. The van der Waals surface area contributed by atoms with E-state index in [0.717, 1.165) is 18.7 Å². The van der Waals surface area contributed by atoms with E-state index in [1.54, 1.807) is 6.26 Å². The fraction of sp³-hybridized carbons (Fsp3) is 0.385. The van der Waals surface area contributed by atoms with Crippen LogP contribution in [0.2, 0.25) is 0 Å². The Hall–Kier alpha value is -1.48. The van der Waals surface area contributed by atoms with Gasteiger partial charge >= 0.3 is 0 Å². The third kappa shape index (κ3) is 1.78. The van der Waals surface area contributed by atoms with E-state index in [1.165, 1.54) is 24.0 Å². The van der Waals surface area contributed by atoms with Crippen LogP contribution >= 0.6 is 0 Å². The van der Waals surface area contributed by atoms with Gasteiger partial charge in [-0.1, -0.05) is 0 Å². The second kappa shape index (κ2) is 4.18. The summed E-state index contributed by atoms with van der Waals surface area (Å²) in [6.07, 6.45) is 9.31. The van der Waals surface area contributed by atoms with E-state index >= 15 is 0 Å². The van der Waals surface area contributed by atoms with Gasteiger partial charge in [0.05, 0.1) is 6.26 Å². The minimum Gasteiger partial charge on any atom is -0.469 e. The number of fused-ring (bicyclic) bond motifs is 1. The average molecular weight is 216 g/mol. The monoisotopic (exact) mass is 216 g/mol. The predicted molar refractivity (Wildman–Crippen MR) is 62.0 cm³/mol. The van der Waals surface area contributed by atoms with Crippen LogP contribution in [-0.2, 0) is 13.0 Å². The van der Waals surface area contributed by atoms with E-state index in [4.69, 9.17) is 4.42 Å². The Balaban J connectivity index is 1.69. The van der Waals surface area contributed by atoms with Crippen molar-refractivity contribution in [3.63, 3.8) is 0 Å². The summed E-state index contributed by atoms with van der Waals surface area (Å²) < 4.78 is 5.48. The second-order valence-electron chi connectivity index (χ2n) is 4.34. The summed E-state index contributed by atoms with van der Waals surface area (Å²) in [6.45, 7) is 0.915. The first kappa shape index (κ1) is 9.73. The molecule has 84 valence electrons. The Labute approximate surface area is 94.9 Å². The van der Waals surface area contributed by atoms with Crippen molar-refractivity contribution in [1.82, 2.24) is 10.3 Å². The molecule has 2 aromatic heterocycles. The molecule has 1 aliphatic rings. The summed E-state index contributed by atoms with van der Waals surface area (Å²) in [5.74, 6) is 1.16. The highest BCUT2D eigenvalue weighted by atomic mass is 16.3. The van der Waals surface area contributed by atoms with E-state index < -0.39 is 0 Å². The SMILES string of the molecule is c1cc(CNC2CCCc3occc32)c[nH]1. The number of furan rings is 1. The van der Waals surface area contributed by atoms with E-state index in [2.05, 4.69) is 22.4 Å². The molecule has 0 bridgehead atoms. The summed E-state index contributed by atoms with van der Waals surface area (Å²) in [5.41, 5.74) is 2.65. The molecule has 0 saturated carbocycles. The molecule has 2 heterocycles. The zero-order valence-electron chi connectivity index (χ0n) is 9.20. The molecular formula is C13H16N2O. The number of nitrogens with one attached hydrogen (secondary N) is 2. The first-order chi connectivity index (χ1) is 7.93. The van der Waals surface area contributed by atoms with Crippen molar-refractivity contribution in [2.24, 2.45) is 0 Å². The molecule has 1 aliphatic carbocycles. The molecule has 16 heavy (non-hydrogen) atoms. The molecule has 3 nitrogen and oxygen atoms in total. The molecule has 0 spiro atoms. The topological polar surface area (TPSA) is 41.0 Å². The van der Waals surface area contributed by atoms with Crippen LogP contribution in [0.5, 0.6) is 0 Å². The summed E-state index contributed by atoms with van der Waals surface area (Å²) in [5, 5.41) is 3.59. The molecule has 1 atom stereocenters. The largest absolute Gasteiger partial charge is 0.469 e. The maximum atomic E-state index is 5.48. The number of aromatic nitrogens is 1. The Morgan fingerprint density at radius 1 is 1.44 bits per heavy atom. The van der Waals surface area contributed by atoms with E-state index in [-0.39, 0.29) is 0 Å².